The molecular formula is C14H18ClN3O. The molecule has 0 bridgehead atoms. The summed E-state index contributed by atoms with van der Waals surface area (Å²) < 4.78 is 6.96. The maximum atomic E-state index is 6.11. The molecule has 4 nitrogen and oxygen atoms in total. The number of halogens is 1. The smallest absolute Gasteiger partial charge is 0.141 e. The van der Waals surface area contributed by atoms with Crippen molar-refractivity contribution < 1.29 is 4.74 Å². The van der Waals surface area contributed by atoms with E-state index in [2.05, 4.69) is 12.0 Å². The maximum Gasteiger partial charge on any atom is 0.141 e. The van der Waals surface area contributed by atoms with Crippen molar-refractivity contribution in [2.45, 2.75) is 26.3 Å². The van der Waals surface area contributed by atoms with Crippen molar-refractivity contribution in [3.8, 4) is 5.75 Å². The Hall–Kier alpha value is -1.68. The second-order valence-corrected chi connectivity index (χ2v) is 4.80. The Bertz CT molecular complexity index is 563. The van der Waals surface area contributed by atoms with Crippen molar-refractivity contribution >= 4 is 17.4 Å². The molecule has 0 spiro atoms. The number of anilines is 1. The van der Waals surface area contributed by atoms with Crippen molar-refractivity contribution in [1.29, 1.82) is 0 Å². The van der Waals surface area contributed by atoms with Crippen LogP contribution in [0.5, 0.6) is 5.75 Å². The molecule has 5 heteroatoms. The van der Waals surface area contributed by atoms with Crippen LogP contribution in [0.3, 0.4) is 0 Å². The van der Waals surface area contributed by atoms with Crippen molar-refractivity contribution in [3.63, 3.8) is 0 Å². The van der Waals surface area contributed by atoms with Crippen LogP contribution in [-0.4, -0.2) is 16.9 Å². The van der Waals surface area contributed by atoms with Gasteiger partial charge in [0.25, 0.3) is 0 Å². The Morgan fingerprint density at radius 2 is 2.00 bits per heavy atom. The van der Waals surface area contributed by atoms with E-state index in [4.69, 9.17) is 22.1 Å². The Balaban J connectivity index is 2.40. The number of nitrogen functional groups attached to an aromatic ring is 1. The van der Waals surface area contributed by atoms with Crippen LogP contribution in [0.1, 0.15) is 30.6 Å². The van der Waals surface area contributed by atoms with Crippen LogP contribution < -0.4 is 10.5 Å². The van der Waals surface area contributed by atoms with Gasteiger partial charge in [0.1, 0.15) is 16.6 Å². The van der Waals surface area contributed by atoms with Gasteiger partial charge in [-0.25, -0.2) is 4.68 Å². The number of aromatic nitrogens is 2. The molecule has 1 unspecified atom stereocenters. The number of ether oxygens (including phenoxy) is 1. The molecule has 2 aromatic rings. The zero-order chi connectivity index (χ0) is 14.0. The highest BCUT2D eigenvalue weighted by Crippen LogP contribution is 2.30. The summed E-state index contributed by atoms with van der Waals surface area (Å²) >= 11 is 6.11. The van der Waals surface area contributed by atoms with Gasteiger partial charge in [0, 0.05) is 0 Å². The van der Waals surface area contributed by atoms with Gasteiger partial charge in [-0.1, -0.05) is 30.7 Å². The van der Waals surface area contributed by atoms with Gasteiger partial charge in [-0.15, -0.1) is 0 Å². The fourth-order valence-corrected chi connectivity index (χ4v) is 2.28. The minimum absolute atomic E-state index is 0.0807. The lowest BCUT2D eigenvalue weighted by atomic mass is 10.0. The van der Waals surface area contributed by atoms with Gasteiger partial charge in [-0.3, -0.25) is 0 Å². The van der Waals surface area contributed by atoms with E-state index in [-0.39, 0.29) is 6.04 Å². The van der Waals surface area contributed by atoms with Gasteiger partial charge >= 0.3 is 0 Å². The van der Waals surface area contributed by atoms with Crippen molar-refractivity contribution in [2.75, 3.05) is 12.8 Å². The average Bonchev–Trinajstić information content (AvgIpc) is 2.68. The largest absolute Gasteiger partial charge is 0.497 e. The predicted octanol–water partition coefficient (Wildman–Crippen LogP) is 3.44. The normalized spacial score (nSPS) is 12.4. The number of nitrogens with zero attached hydrogens (tertiary/aromatic N) is 2. The van der Waals surface area contributed by atoms with Crippen molar-refractivity contribution in [3.05, 3.63) is 40.5 Å². The molecular weight excluding hydrogens is 262 g/mol. The molecule has 19 heavy (non-hydrogen) atoms. The molecule has 0 amide bonds. The summed E-state index contributed by atoms with van der Waals surface area (Å²) in [4.78, 5) is 0. The van der Waals surface area contributed by atoms with Crippen LogP contribution in [-0.2, 0) is 0 Å². The summed E-state index contributed by atoms with van der Waals surface area (Å²) in [5.74, 6) is 1.35. The summed E-state index contributed by atoms with van der Waals surface area (Å²) in [5.41, 5.74) is 7.91. The molecule has 0 aliphatic heterocycles. The quantitative estimate of drug-likeness (QED) is 0.933. The molecule has 0 saturated carbocycles. The number of nitrogens with two attached hydrogens (primary N) is 1. The molecule has 1 heterocycles. The topological polar surface area (TPSA) is 53.1 Å². The highest BCUT2D eigenvalue weighted by atomic mass is 35.5. The molecule has 1 aromatic heterocycles. The Labute approximate surface area is 118 Å². The third kappa shape index (κ3) is 2.54. The SMILES string of the molecule is CCC(c1ccc(OC)cc1)n1nc(C)c(Cl)c1N. The maximum absolute atomic E-state index is 6.11. The van der Waals surface area contributed by atoms with Gasteiger partial charge in [0.15, 0.2) is 0 Å². The molecule has 0 aliphatic carbocycles. The van der Waals surface area contributed by atoms with E-state index in [1.54, 1.807) is 11.8 Å². The molecule has 0 fully saturated rings. The lowest BCUT2D eigenvalue weighted by Crippen LogP contribution is -2.14. The number of rotatable bonds is 4. The Morgan fingerprint density at radius 3 is 2.42 bits per heavy atom. The van der Waals surface area contributed by atoms with Gasteiger partial charge in [-0.2, -0.15) is 5.10 Å². The fraction of sp³-hybridized carbons (Fsp3) is 0.357. The summed E-state index contributed by atoms with van der Waals surface area (Å²) in [6, 6.07) is 8.00. The monoisotopic (exact) mass is 279 g/mol. The van der Waals surface area contributed by atoms with Crippen LogP contribution >= 0.6 is 11.6 Å². The van der Waals surface area contributed by atoms with Gasteiger partial charge in [0.2, 0.25) is 0 Å². The van der Waals surface area contributed by atoms with Crippen LogP contribution in [0.15, 0.2) is 24.3 Å². The Morgan fingerprint density at radius 1 is 1.37 bits per heavy atom. The lowest BCUT2D eigenvalue weighted by Gasteiger charge is -2.18. The first-order valence-corrected chi connectivity index (χ1v) is 6.60. The highest BCUT2D eigenvalue weighted by Gasteiger charge is 2.19. The van der Waals surface area contributed by atoms with Crippen molar-refractivity contribution in [1.82, 2.24) is 9.78 Å². The van der Waals surface area contributed by atoms with Crippen LogP contribution in [0.2, 0.25) is 5.02 Å². The van der Waals surface area contributed by atoms with E-state index >= 15 is 0 Å². The van der Waals surface area contributed by atoms with Gasteiger partial charge < -0.3 is 10.5 Å². The van der Waals surface area contributed by atoms with Crippen molar-refractivity contribution in [2.24, 2.45) is 0 Å². The summed E-state index contributed by atoms with van der Waals surface area (Å²) in [7, 11) is 1.65. The van der Waals surface area contributed by atoms with Crippen LogP contribution in [0.4, 0.5) is 5.82 Å². The van der Waals surface area contributed by atoms with E-state index < -0.39 is 0 Å². The second kappa shape index (κ2) is 5.53. The standard InChI is InChI=1S/C14H18ClN3O/c1-4-12(10-5-7-11(19-3)8-6-10)18-14(16)13(15)9(2)17-18/h5-8,12H,4,16H2,1-3H3. The van der Waals surface area contributed by atoms with E-state index in [0.717, 1.165) is 23.4 Å². The molecule has 0 radical (unpaired) electrons. The zero-order valence-corrected chi connectivity index (χ0v) is 12.1. The highest BCUT2D eigenvalue weighted by molar-refractivity contribution is 6.33. The summed E-state index contributed by atoms with van der Waals surface area (Å²) in [5, 5.41) is 4.96. The van der Waals surface area contributed by atoms with E-state index in [0.29, 0.717) is 10.8 Å². The molecule has 0 aliphatic rings. The van der Waals surface area contributed by atoms with Gasteiger partial charge in [0.05, 0.1) is 18.8 Å². The average molecular weight is 280 g/mol. The van der Waals surface area contributed by atoms with Crippen LogP contribution in [0.25, 0.3) is 0 Å². The first kappa shape index (κ1) is 13.7. The first-order valence-electron chi connectivity index (χ1n) is 6.22. The molecule has 1 atom stereocenters. The number of benzene rings is 1. The zero-order valence-electron chi connectivity index (χ0n) is 11.4. The number of hydrogen-bond acceptors (Lipinski definition) is 3. The van der Waals surface area contributed by atoms with E-state index in [9.17, 15) is 0 Å². The lowest BCUT2D eigenvalue weighted by molar-refractivity contribution is 0.414. The summed E-state index contributed by atoms with van der Waals surface area (Å²) in [6.45, 7) is 3.95. The van der Waals surface area contributed by atoms with E-state index in [1.165, 1.54) is 0 Å². The second-order valence-electron chi connectivity index (χ2n) is 4.43. The Kier molecular flexibility index (Phi) is 4.00. The minimum atomic E-state index is 0.0807. The predicted molar refractivity (Wildman–Crippen MR) is 77.8 cm³/mol. The molecule has 2 N–H and O–H groups in total. The number of hydrogen-bond donors (Lipinski definition) is 1. The third-order valence-corrected chi connectivity index (χ3v) is 3.70. The first-order chi connectivity index (χ1) is 9.08. The number of methoxy groups -OCH3 is 1. The minimum Gasteiger partial charge on any atom is -0.497 e. The molecule has 0 saturated heterocycles. The molecule has 1 aromatic carbocycles. The third-order valence-electron chi connectivity index (χ3n) is 3.23. The molecule has 102 valence electrons. The van der Waals surface area contributed by atoms with Gasteiger partial charge in [-0.05, 0) is 31.0 Å². The van der Waals surface area contributed by atoms with E-state index in [1.807, 2.05) is 31.2 Å². The molecule has 2 rings (SSSR count). The summed E-state index contributed by atoms with van der Waals surface area (Å²) in [6.07, 6.45) is 0.883. The van der Waals surface area contributed by atoms with Crippen LogP contribution in [0, 0.1) is 6.92 Å². The number of aryl methyl sites for hydroxylation is 1. The fourth-order valence-electron chi connectivity index (χ4n) is 2.16.